The minimum atomic E-state index is -3.00. The normalized spacial score (nSPS) is 30.1. The molecule has 5 fully saturated rings. The number of rotatable bonds is 6. The average Bonchev–Trinajstić information content (AvgIpc) is 3.60. The minimum Gasteiger partial charge on any atom is -0.342 e. The van der Waals surface area contributed by atoms with E-state index >= 15 is 0 Å². The molecule has 3 aromatic rings. The third-order valence-corrected chi connectivity index (χ3v) is 10.4. The number of fused-ring (bicyclic) bond motifs is 3. The van der Waals surface area contributed by atoms with Crippen molar-refractivity contribution in [3.63, 3.8) is 0 Å². The highest BCUT2D eigenvalue weighted by Gasteiger charge is 2.52. The summed E-state index contributed by atoms with van der Waals surface area (Å²) in [6, 6.07) is -0.174. The van der Waals surface area contributed by atoms with Crippen LogP contribution >= 0.6 is 0 Å². The zero-order valence-electron chi connectivity index (χ0n) is 24.6. The molecule has 4 aliphatic carbocycles. The fraction of sp³-hybridized carbons (Fsp3) is 0.667. The lowest BCUT2D eigenvalue weighted by Crippen LogP contribution is -2.53. The number of nitrogens with zero attached hydrogens (tertiary/aromatic N) is 6. The van der Waals surface area contributed by atoms with Gasteiger partial charge in [-0.05, 0) is 73.6 Å². The van der Waals surface area contributed by atoms with Crippen molar-refractivity contribution in [2.24, 2.45) is 23.7 Å². The number of aromatic nitrogens is 5. The Morgan fingerprint density at radius 3 is 2.49 bits per heavy atom. The fourth-order valence-electron chi connectivity index (χ4n) is 7.69. The minimum absolute atomic E-state index is 0.00266. The number of hydrogen-bond acceptors (Lipinski definition) is 7. The SMILES string of the molecule is Cc1nonc1C(=O)N[C@H](c1cn2ncc(C3CC(F)(F)CCN3C(=O)[C@H]3CC(F)C4CC3C4)cc2n1)C1CCC(F)(F)CC1. The number of halogens is 5. The number of likely N-dealkylation sites (tertiary alicyclic amines) is 1. The van der Waals surface area contributed by atoms with Crippen LogP contribution in [-0.4, -0.2) is 66.2 Å². The molecule has 4 atom stereocenters. The Morgan fingerprint density at radius 1 is 1.04 bits per heavy atom. The van der Waals surface area contributed by atoms with Crippen LogP contribution in [0.4, 0.5) is 22.0 Å². The van der Waals surface area contributed by atoms with Crippen LogP contribution in [0, 0.1) is 30.6 Å². The van der Waals surface area contributed by atoms with E-state index < -0.39 is 54.8 Å². The molecule has 2 amide bonds. The zero-order valence-corrected chi connectivity index (χ0v) is 24.6. The molecule has 1 N–H and O–H groups in total. The predicted octanol–water partition coefficient (Wildman–Crippen LogP) is 5.40. The van der Waals surface area contributed by atoms with Crippen molar-refractivity contribution < 1.29 is 36.2 Å². The molecule has 45 heavy (non-hydrogen) atoms. The van der Waals surface area contributed by atoms with Gasteiger partial charge in [0, 0.05) is 38.1 Å². The summed E-state index contributed by atoms with van der Waals surface area (Å²) in [4.78, 5) is 32.9. The van der Waals surface area contributed by atoms with Gasteiger partial charge < -0.3 is 10.2 Å². The van der Waals surface area contributed by atoms with E-state index in [0.717, 1.165) is 0 Å². The first-order valence-electron chi connectivity index (χ1n) is 15.5. The van der Waals surface area contributed by atoms with E-state index in [1.54, 1.807) is 19.2 Å². The summed E-state index contributed by atoms with van der Waals surface area (Å²) in [6.45, 7) is 1.40. The molecular weight excluding hydrogens is 601 g/mol. The lowest BCUT2D eigenvalue weighted by molar-refractivity contribution is -0.157. The van der Waals surface area contributed by atoms with Gasteiger partial charge in [-0.2, -0.15) is 5.10 Å². The molecule has 15 heteroatoms. The van der Waals surface area contributed by atoms with Crippen LogP contribution in [0.2, 0.25) is 0 Å². The second kappa shape index (κ2) is 11.0. The summed E-state index contributed by atoms with van der Waals surface area (Å²) in [5.41, 5.74) is 1.23. The molecule has 4 heterocycles. The van der Waals surface area contributed by atoms with Crippen molar-refractivity contribution in [1.29, 1.82) is 0 Å². The molecule has 1 aliphatic heterocycles. The maximum atomic E-state index is 14.8. The summed E-state index contributed by atoms with van der Waals surface area (Å²) in [7, 11) is 0. The molecular formula is C30H34F5N7O3. The van der Waals surface area contributed by atoms with Crippen molar-refractivity contribution in [2.75, 3.05) is 6.54 Å². The van der Waals surface area contributed by atoms with Crippen molar-refractivity contribution in [3.05, 3.63) is 41.1 Å². The molecule has 2 unspecified atom stereocenters. The Balaban J connectivity index is 1.18. The first kappa shape index (κ1) is 30.0. The van der Waals surface area contributed by atoms with Crippen LogP contribution in [0.3, 0.4) is 0 Å². The largest absolute Gasteiger partial charge is 0.342 e. The number of nitrogens with one attached hydrogen (secondary N) is 1. The van der Waals surface area contributed by atoms with E-state index in [0.29, 0.717) is 24.1 Å². The maximum Gasteiger partial charge on any atom is 0.276 e. The van der Waals surface area contributed by atoms with Crippen molar-refractivity contribution >= 4 is 17.5 Å². The summed E-state index contributed by atoms with van der Waals surface area (Å²) >= 11 is 0. The summed E-state index contributed by atoms with van der Waals surface area (Å²) < 4.78 is 78.2. The number of carbonyl (C=O) groups excluding carboxylic acids is 2. The number of hydrogen-bond donors (Lipinski definition) is 1. The summed E-state index contributed by atoms with van der Waals surface area (Å²) in [5.74, 6) is -7.50. The lowest BCUT2D eigenvalue weighted by Gasteiger charge is -2.50. The van der Waals surface area contributed by atoms with E-state index in [1.807, 2.05) is 0 Å². The van der Waals surface area contributed by atoms with Gasteiger partial charge in [0.25, 0.3) is 11.8 Å². The van der Waals surface area contributed by atoms with E-state index in [-0.39, 0.29) is 79.3 Å². The third-order valence-electron chi connectivity index (χ3n) is 10.4. The second-order valence-corrected chi connectivity index (χ2v) is 13.3. The molecule has 0 aromatic carbocycles. The van der Waals surface area contributed by atoms with Crippen LogP contribution < -0.4 is 5.32 Å². The second-order valence-electron chi connectivity index (χ2n) is 13.3. The highest BCUT2D eigenvalue weighted by molar-refractivity contribution is 5.93. The van der Waals surface area contributed by atoms with Crippen LogP contribution in [-0.2, 0) is 4.79 Å². The van der Waals surface area contributed by atoms with Crippen LogP contribution in [0.1, 0.15) is 97.3 Å². The Bertz CT molecular complexity index is 1600. The number of aryl methyl sites for hydroxylation is 1. The van der Waals surface area contributed by atoms with Gasteiger partial charge in [0.05, 0.1) is 30.2 Å². The monoisotopic (exact) mass is 635 g/mol. The van der Waals surface area contributed by atoms with Gasteiger partial charge in [-0.25, -0.2) is 36.1 Å². The van der Waals surface area contributed by atoms with Gasteiger partial charge in [0.1, 0.15) is 11.9 Å². The van der Waals surface area contributed by atoms with Gasteiger partial charge >= 0.3 is 0 Å². The van der Waals surface area contributed by atoms with Crippen molar-refractivity contribution in [1.82, 2.24) is 35.1 Å². The Labute approximate surface area is 255 Å². The highest BCUT2D eigenvalue weighted by atomic mass is 19.3. The molecule has 0 radical (unpaired) electrons. The number of piperidine rings is 1. The number of amides is 2. The molecule has 4 saturated carbocycles. The Hall–Kier alpha value is -3.65. The molecule has 1 saturated heterocycles. The highest BCUT2D eigenvalue weighted by Crippen LogP contribution is 2.52. The first-order valence-corrected chi connectivity index (χ1v) is 15.5. The molecule has 3 aromatic heterocycles. The molecule has 5 aliphatic rings. The molecule has 2 bridgehead atoms. The van der Waals surface area contributed by atoms with E-state index in [4.69, 9.17) is 0 Å². The van der Waals surface area contributed by atoms with Crippen LogP contribution in [0.5, 0.6) is 0 Å². The van der Waals surface area contributed by atoms with Crippen molar-refractivity contribution in [2.45, 2.75) is 94.8 Å². The fourth-order valence-corrected chi connectivity index (χ4v) is 7.69. The molecule has 242 valence electrons. The van der Waals surface area contributed by atoms with E-state index in [2.05, 4.69) is 30.3 Å². The van der Waals surface area contributed by atoms with Crippen molar-refractivity contribution in [3.8, 4) is 0 Å². The quantitative estimate of drug-likeness (QED) is 0.361. The van der Waals surface area contributed by atoms with Gasteiger partial charge in [0.2, 0.25) is 11.8 Å². The Kier molecular flexibility index (Phi) is 7.34. The number of carbonyl (C=O) groups is 2. The predicted molar refractivity (Wildman–Crippen MR) is 147 cm³/mol. The van der Waals surface area contributed by atoms with Gasteiger partial charge in [-0.3, -0.25) is 9.59 Å². The standard InChI is InChI=1S/C30H34F5N7O3/c1-15-25(40-45-39-15)27(43)38-26(16-2-4-29(32,33)5-3-16)22-14-42-24(37-22)10-19(13-36-42)23-12-30(34,35)6-7-41(23)28(44)20-11-21(31)18-8-17(20)9-18/h10,13-14,16-18,20-21,23,26H,2-9,11-12H2,1H3,(H,38,43)/t17?,18?,20-,21?,23?,26-/m0/s1. The first-order chi connectivity index (χ1) is 21.4. The third kappa shape index (κ3) is 5.66. The molecule has 8 rings (SSSR count). The molecule has 0 spiro atoms. The Morgan fingerprint density at radius 2 is 1.80 bits per heavy atom. The van der Waals surface area contributed by atoms with Crippen LogP contribution in [0.15, 0.2) is 23.1 Å². The zero-order chi connectivity index (χ0) is 31.7. The van der Waals surface area contributed by atoms with E-state index in [1.165, 1.54) is 15.6 Å². The maximum absolute atomic E-state index is 14.8. The van der Waals surface area contributed by atoms with E-state index in [9.17, 15) is 31.5 Å². The number of imidazole rings is 1. The smallest absolute Gasteiger partial charge is 0.276 e. The molecule has 10 nitrogen and oxygen atoms in total. The van der Waals surface area contributed by atoms with Gasteiger partial charge in [0.15, 0.2) is 11.3 Å². The average molecular weight is 636 g/mol. The lowest BCUT2D eigenvalue weighted by atomic mass is 9.58. The topological polar surface area (TPSA) is 119 Å². The number of alkyl halides is 5. The van der Waals surface area contributed by atoms with Gasteiger partial charge in [-0.15, -0.1) is 0 Å². The summed E-state index contributed by atoms with van der Waals surface area (Å²) in [5, 5.41) is 14.5. The van der Waals surface area contributed by atoms with Crippen LogP contribution in [0.25, 0.3) is 5.65 Å². The summed E-state index contributed by atoms with van der Waals surface area (Å²) in [6.07, 6.45) is 1.90. The van der Waals surface area contributed by atoms with Gasteiger partial charge in [-0.1, -0.05) is 5.16 Å².